The third-order valence-corrected chi connectivity index (χ3v) is 4.33. The fraction of sp³-hybridized carbons (Fsp3) is 0.625. The van der Waals surface area contributed by atoms with Crippen molar-refractivity contribution >= 4 is 11.6 Å². The smallest absolute Gasteiger partial charge is 0.252 e. The van der Waals surface area contributed by atoms with Gasteiger partial charge in [-0.15, -0.1) is 0 Å². The van der Waals surface area contributed by atoms with Gasteiger partial charge < -0.3 is 16.0 Å². The maximum atomic E-state index is 11.9. The molecule has 0 spiro atoms. The Kier molecular flexibility index (Phi) is 4.83. The van der Waals surface area contributed by atoms with E-state index in [4.69, 9.17) is 5.73 Å². The van der Waals surface area contributed by atoms with Crippen molar-refractivity contribution in [3.8, 4) is 0 Å². The zero-order valence-corrected chi connectivity index (χ0v) is 13.4. The van der Waals surface area contributed by atoms with Crippen molar-refractivity contribution in [3.63, 3.8) is 0 Å². The molecular weight excluding hydrogens is 264 g/mol. The van der Waals surface area contributed by atoms with Crippen molar-refractivity contribution in [1.82, 2.24) is 10.3 Å². The van der Waals surface area contributed by atoms with Gasteiger partial charge >= 0.3 is 0 Å². The second-order valence-corrected chi connectivity index (χ2v) is 5.84. The average molecular weight is 290 g/mol. The third-order valence-electron chi connectivity index (χ3n) is 4.33. The quantitative estimate of drug-likeness (QED) is 0.886. The van der Waals surface area contributed by atoms with E-state index in [1.165, 1.54) is 0 Å². The Labute approximate surface area is 126 Å². The summed E-state index contributed by atoms with van der Waals surface area (Å²) in [6.07, 6.45) is 2.10. The highest BCUT2D eigenvalue weighted by Crippen LogP contribution is 2.28. The maximum absolute atomic E-state index is 11.9. The number of rotatable bonds is 4. The lowest BCUT2D eigenvalue weighted by atomic mass is 10.0. The molecule has 116 valence electrons. The summed E-state index contributed by atoms with van der Waals surface area (Å²) >= 11 is 0. The van der Waals surface area contributed by atoms with E-state index >= 15 is 0 Å². The van der Waals surface area contributed by atoms with Gasteiger partial charge in [0.15, 0.2) is 0 Å². The minimum atomic E-state index is -0.392. The zero-order chi connectivity index (χ0) is 15.6. The number of piperazine rings is 1. The van der Waals surface area contributed by atoms with Crippen LogP contribution in [0.3, 0.4) is 0 Å². The Morgan fingerprint density at radius 2 is 2.14 bits per heavy atom. The Balaban J connectivity index is 2.48. The van der Waals surface area contributed by atoms with Gasteiger partial charge in [0.25, 0.3) is 5.91 Å². The van der Waals surface area contributed by atoms with Crippen molar-refractivity contribution in [1.29, 1.82) is 0 Å². The van der Waals surface area contributed by atoms with Gasteiger partial charge in [0.05, 0.1) is 16.9 Å². The van der Waals surface area contributed by atoms with Crippen LogP contribution in [0.5, 0.6) is 0 Å². The van der Waals surface area contributed by atoms with Crippen molar-refractivity contribution in [2.75, 3.05) is 18.0 Å². The number of pyridine rings is 1. The molecule has 0 aliphatic carbocycles. The Bertz CT molecular complexity index is 529. The second kappa shape index (κ2) is 6.43. The summed E-state index contributed by atoms with van der Waals surface area (Å²) in [7, 11) is 0. The van der Waals surface area contributed by atoms with E-state index in [0.717, 1.165) is 43.0 Å². The van der Waals surface area contributed by atoms with E-state index in [1.807, 2.05) is 19.9 Å². The first-order valence-electron chi connectivity index (χ1n) is 7.75. The van der Waals surface area contributed by atoms with Crippen LogP contribution in [0.2, 0.25) is 0 Å². The highest BCUT2D eigenvalue weighted by Gasteiger charge is 2.29. The fourth-order valence-corrected chi connectivity index (χ4v) is 3.14. The molecule has 2 atom stereocenters. The standard InChI is InChI=1S/C16H26N4O/c1-5-12-9-20(13(6-2)8-18-12)14-7-10(3)19-11(4)15(14)16(17)21/h7,12-13,18H,5-6,8-9H2,1-4H3,(H2,17,21). The number of hydrogen-bond donors (Lipinski definition) is 2. The minimum absolute atomic E-state index is 0.382. The SMILES string of the molecule is CCC1CN(c2cc(C)nc(C)c2C(N)=O)C(CC)CN1. The van der Waals surface area contributed by atoms with Crippen LogP contribution in [0.15, 0.2) is 6.07 Å². The number of nitrogens with two attached hydrogens (primary N) is 1. The van der Waals surface area contributed by atoms with Crippen molar-refractivity contribution < 1.29 is 4.79 Å². The number of aromatic nitrogens is 1. The van der Waals surface area contributed by atoms with Gasteiger partial charge in [0, 0.05) is 30.9 Å². The predicted octanol–water partition coefficient (Wildman–Crippen LogP) is 1.76. The lowest BCUT2D eigenvalue weighted by Crippen LogP contribution is -2.56. The topological polar surface area (TPSA) is 71.2 Å². The van der Waals surface area contributed by atoms with E-state index in [0.29, 0.717) is 17.6 Å². The van der Waals surface area contributed by atoms with Crippen molar-refractivity contribution in [2.45, 2.75) is 52.6 Å². The number of aryl methyl sites for hydroxylation is 2. The molecule has 1 aromatic rings. The van der Waals surface area contributed by atoms with Crippen LogP contribution in [0.25, 0.3) is 0 Å². The van der Waals surface area contributed by atoms with E-state index in [-0.39, 0.29) is 0 Å². The van der Waals surface area contributed by atoms with Crippen LogP contribution in [-0.2, 0) is 0 Å². The molecule has 2 heterocycles. The van der Waals surface area contributed by atoms with E-state index in [2.05, 4.69) is 29.0 Å². The summed E-state index contributed by atoms with van der Waals surface area (Å²) in [4.78, 5) is 18.6. The highest BCUT2D eigenvalue weighted by molar-refractivity contribution is 5.99. The number of hydrogen-bond acceptors (Lipinski definition) is 4. The van der Waals surface area contributed by atoms with E-state index in [1.54, 1.807) is 0 Å². The second-order valence-electron chi connectivity index (χ2n) is 5.84. The molecule has 5 heteroatoms. The minimum Gasteiger partial charge on any atom is -0.365 e. The molecule has 0 bridgehead atoms. The fourth-order valence-electron chi connectivity index (χ4n) is 3.14. The molecule has 1 aliphatic heterocycles. The van der Waals surface area contributed by atoms with Crippen LogP contribution in [0.1, 0.15) is 48.4 Å². The molecule has 21 heavy (non-hydrogen) atoms. The zero-order valence-electron chi connectivity index (χ0n) is 13.4. The van der Waals surface area contributed by atoms with E-state index in [9.17, 15) is 4.79 Å². The molecule has 1 saturated heterocycles. The van der Waals surface area contributed by atoms with Crippen molar-refractivity contribution in [2.24, 2.45) is 5.73 Å². The number of amides is 1. The molecule has 2 rings (SSSR count). The van der Waals surface area contributed by atoms with Gasteiger partial charge in [-0.1, -0.05) is 13.8 Å². The number of nitrogens with one attached hydrogen (secondary N) is 1. The van der Waals surface area contributed by atoms with Crippen LogP contribution in [0.4, 0.5) is 5.69 Å². The number of carbonyl (C=O) groups excluding carboxylic acids is 1. The summed E-state index contributed by atoms with van der Waals surface area (Å²) in [6.45, 7) is 10.0. The number of anilines is 1. The maximum Gasteiger partial charge on any atom is 0.252 e. The molecular formula is C16H26N4O. The van der Waals surface area contributed by atoms with Crippen LogP contribution in [0, 0.1) is 13.8 Å². The Hall–Kier alpha value is -1.62. The Morgan fingerprint density at radius 3 is 2.71 bits per heavy atom. The van der Waals surface area contributed by atoms with Crippen molar-refractivity contribution in [3.05, 3.63) is 23.0 Å². The van der Waals surface area contributed by atoms with Gasteiger partial charge in [-0.3, -0.25) is 9.78 Å². The molecule has 0 saturated carbocycles. The Morgan fingerprint density at radius 1 is 1.43 bits per heavy atom. The van der Waals surface area contributed by atoms with Gasteiger partial charge in [0.2, 0.25) is 0 Å². The first-order chi connectivity index (χ1) is 9.97. The summed E-state index contributed by atoms with van der Waals surface area (Å²) in [5.74, 6) is -0.392. The third kappa shape index (κ3) is 3.18. The van der Waals surface area contributed by atoms with Crippen LogP contribution in [-0.4, -0.2) is 36.1 Å². The van der Waals surface area contributed by atoms with Gasteiger partial charge in [-0.2, -0.15) is 0 Å². The summed E-state index contributed by atoms with van der Waals surface area (Å²) in [5, 5.41) is 3.57. The molecule has 1 fully saturated rings. The molecule has 0 aromatic carbocycles. The predicted molar refractivity (Wildman–Crippen MR) is 85.7 cm³/mol. The molecule has 5 nitrogen and oxygen atoms in total. The lowest BCUT2D eigenvalue weighted by molar-refractivity contribution is 0.0999. The van der Waals surface area contributed by atoms with Gasteiger partial charge in [-0.05, 0) is 32.8 Å². The number of primary amides is 1. The average Bonchev–Trinajstić information content (AvgIpc) is 2.45. The first kappa shape index (κ1) is 15.8. The monoisotopic (exact) mass is 290 g/mol. The highest BCUT2D eigenvalue weighted by atomic mass is 16.1. The molecule has 1 amide bonds. The molecule has 3 N–H and O–H groups in total. The molecule has 2 unspecified atom stereocenters. The van der Waals surface area contributed by atoms with Crippen LogP contribution < -0.4 is 16.0 Å². The number of carbonyl (C=O) groups is 1. The largest absolute Gasteiger partial charge is 0.365 e. The summed E-state index contributed by atoms with van der Waals surface area (Å²) in [6, 6.07) is 2.82. The number of nitrogens with zero attached hydrogens (tertiary/aromatic N) is 2. The normalized spacial score (nSPS) is 22.4. The first-order valence-corrected chi connectivity index (χ1v) is 7.75. The van der Waals surface area contributed by atoms with Gasteiger partial charge in [-0.25, -0.2) is 0 Å². The summed E-state index contributed by atoms with van der Waals surface area (Å²) < 4.78 is 0. The molecule has 1 aromatic heterocycles. The van der Waals surface area contributed by atoms with E-state index < -0.39 is 5.91 Å². The van der Waals surface area contributed by atoms with Crippen LogP contribution >= 0.6 is 0 Å². The lowest BCUT2D eigenvalue weighted by Gasteiger charge is -2.42. The summed E-state index contributed by atoms with van der Waals surface area (Å²) in [5.41, 5.74) is 8.76. The molecule has 0 radical (unpaired) electrons. The van der Waals surface area contributed by atoms with Gasteiger partial charge in [0.1, 0.15) is 0 Å². The molecule has 1 aliphatic rings.